The molecule has 1 aliphatic rings. The van der Waals surface area contributed by atoms with E-state index in [1.807, 2.05) is 49.1 Å². The number of ether oxygens (including phenoxy) is 1. The molecular weight excluding hydrogens is 409 g/mol. The number of hydrogen-bond donors (Lipinski definition) is 2. The summed E-state index contributed by atoms with van der Waals surface area (Å²) in [5, 5.41) is 1.17. The Kier molecular flexibility index (Phi) is 6.46. The van der Waals surface area contributed by atoms with E-state index in [0.717, 1.165) is 11.3 Å². The third-order valence-electron chi connectivity index (χ3n) is 3.90. The number of nitrogens with two attached hydrogens (primary N) is 2. The van der Waals surface area contributed by atoms with E-state index in [0.29, 0.717) is 28.4 Å². The van der Waals surface area contributed by atoms with E-state index in [-0.39, 0.29) is 18.4 Å². The molecule has 0 bridgehead atoms. The number of guanidine groups is 2. The zero-order valence-electron chi connectivity index (χ0n) is 14.8. The number of rotatable bonds is 4. The Bertz CT molecular complexity index is 881. The van der Waals surface area contributed by atoms with Crippen molar-refractivity contribution in [2.24, 2.45) is 21.5 Å². The summed E-state index contributed by atoms with van der Waals surface area (Å²) in [4.78, 5) is 10.2. The molecule has 27 heavy (non-hydrogen) atoms. The monoisotopic (exact) mass is 427 g/mol. The molecule has 9 heteroatoms. The summed E-state index contributed by atoms with van der Waals surface area (Å²) in [5.41, 5.74) is 12.8. The Morgan fingerprint density at radius 3 is 2.33 bits per heavy atom. The predicted molar refractivity (Wildman–Crippen MR) is 114 cm³/mol. The molecule has 0 saturated heterocycles. The van der Waals surface area contributed by atoms with Crippen LogP contribution in [0.25, 0.3) is 0 Å². The van der Waals surface area contributed by atoms with Crippen LogP contribution >= 0.6 is 35.6 Å². The minimum atomic E-state index is -0.630. The molecule has 4 N–H and O–H groups in total. The van der Waals surface area contributed by atoms with Gasteiger partial charge in [-0.3, -0.25) is 4.90 Å². The van der Waals surface area contributed by atoms with Crippen LogP contribution in [0.5, 0.6) is 5.75 Å². The fraction of sp³-hybridized carbons (Fsp3) is 0.222. The largest absolute Gasteiger partial charge is 0.489 e. The van der Waals surface area contributed by atoms with Gasteiger partial charge in [0.15, 0.2) is 0 Å². The lowest BCUT2D eigenvalue weighted by Gasteiger charge is -2.38. The molecule has 0 fully saturated rings. The van der Waals surface area contributed by atoms with Crippen molar-refractivity contribution < 1.29 is 4.74 Å². The molecule has 0 amide bonds. The lowest BCUT2D eigenvalue weighted by Crippen LogP contribution is -2.54. The Hall–Kier alpha value is -2.15. The van der Waals surface area contributed by atoms with Crippen LogP contribution in [-0.2, 0) is 6.61 Å². The molecule has 0 aromatic heterocycles. The Balaban J connectivity index is 0.00000261. The highest BCUT2D eigenvalue weighted by molar-refractivity contribution is 6.35. The highest BCUT2D eigenvalue weighted by Gasteiger charge is 2.32. The van der Waals surface area contributed by atoms with Gasteiger partial charge in [-0.1, -0.05) is 29.3 Å². The fourth-order valence-corrected chi connectivity index (χ4v) is 3.21. The highest BCUT2D eigenvalue weighted by atomic mass is 35.5. The number of aliphatic imine (C=N–C) groups is 2. The molecule has 1 aliphatic heterocycles. The van der Waals surface area contributed by atoms with Gasteiger partial charge in [0.1, 0.15) is 18.0 Å². The molecule has 144 valence electrons. The third kappa shape index (κ3) is 4.77. The zero-order valence-corrected chi connectivity index (χ0v) is 17.1. The second-order valence-electron chi connectivity index (χ2n) is 6.29. The van der Waals surface area contributed by atoms with Gasteiger partial charge in [-0.2, -0.15) is 4.99 Å². The highest BCUT2D eigenvalue weighted by Crippen LogP contribution is 2.29. The summed E-state index contributed by atoms with van der Waals surface area (Å²) in [5.74, 6) is 1.17. The maximum Gasteiger partial charge on any atom is 0.220 e. The van der Waals surface area contributed by atoms with Gasteiger partial charge < -0.3 is 16.2 Å². The molecule has 0 spiro atoms. The van der Waals surface area contributed by atoms with E-state index in [2.05, 4.69) is 9.98 Å². The molecule has 0 unspecified atom stereocenters. The molecule has 1 heterocycles. The second kappa shape index (κ2) is 8.25. The van der Waals surface area contributed by atoms with Crippen molar-refractivity contribution in [3.8, 4) is 5.75 Å². The van der Waals surface area contributed by atoms with E-state index < -0.39 is 5.66 Å². The molecule has 0 radical (unpaired) electrons. The van der Waals surface area contributed by atoms with Gasteiger partial charge in [0.25, 0.3) is 0 Å². The lowest BCUT2D eigenvalue weighted by molar-refractivity contribution is 0.306. The molecule has 0 saturated carbocycles. The SMILES string of the molecule is CC1(C)N=C(N)N=C(N)N1c1ccc(OCc2ccc(Cl)cc2Cl)cc1.Cl. The predicted octanol–water partition coefficient (Wildman–Crippen LogP) is 4.18. The van der Waals surface area contributed by atoms with E-state index in [9.17, 15) is 0 Å². The Labute approximate surface area is 174 Å². The van der Waals surface area contributed by atoms with Crippen molar-refractivity contribution in [1.82, 2.24) is 0 Å². The molecule has 6 nitrogen and oxygen atoms in total. The van der Waals surface area contributed by atoms with E-state index >= 15 is 0 Å². The molecule has 2 aromatic rings. The minimum absolute atomic E-state index is 0. The van der Waals surface area contributed by atoms with Crippen LogP contribution < -0.4 is 21.1 Å². The quantitative estimate of drug-likeness (QED) is 0.764. The molecule has 2 aromatic carbocycles. The van der Waals surface area contributed by atoms with Gasteiger partial charge in [0.05, 0.1) is 0 Å². The van der Waals surface area contributed by atoms with Gasteiger partial charge in [-0.15, -0.1) is 12.4 Å². The van der Waals surface area contributed by atoms with Crippen LogP contribution in [-0.4, -0.2) is 17.6 Å². The van der Waals surface area contributed by atoms with Crippen LogP contribution in [0.15, 0.2) is 52.4 Å². The van der Waals surface area contributed by atoms with Crippen LogP contribution in [0.1, 0.15) is 19.4 Å². The van der Waals surface area contributed by atoms with Crippen molar-refractivity contribution in [1.29, 1.82) is 0 Å². The van der Waals surface area contributed by atoms with E-state index in [4.69, 9.17) is 39.4 Å². The first kappa shape index (κ1) is 21.2. The molecule has 3 rings (SSSR count). The van der Waals surface area contributed by atoms with Crippen molar-refractivity contribution in [2.75, 3.05) is 4.90 Å². The van der Waals surface area contributed by atoms with E-state index in [1.54, 1.807) is 12.1 Å². The van der Waals surface area contributed by atoms with Gasteiger partial charge in [0.2, 0.25) is 11.9 Å². The van der Waals surface area contributed by atoms with Crippen molar-refractivity contribution in [3.05, 3.63) is 58.1 Å². The number of benzene rings is 2. The number of nitrogens with zero attached hydrogens (tertiary/aromatic N) is 3. The maximum atomic E-state index is 6.16. The summed E-state index contributed by atoms with van der Waals surface area (Å²) >= 11 is 12.1. The average molecular weight is 429 g/mol. The van der Waals surface area contributed by atoms with Gasteiger partial charge in [-0.25, -0.2) is 4.99 Å². The van der Waals surface area contributed by atoms with Crippen LogP contribution in [0.4, 0.5) is 5.69 Å². The first-order chi connectivity index (χ1) is 12.3. The molecule has 0 atom stereocenters. The Morgan fingerprint density at radius 2 is 1.74 bits per heavy atom. The molecular formula is C18H20Cl3N5O. The van der Waals surface area contributed by atoms with Gasteiger partial charge in [0, 0.05) is 21.3 Å². The number of hydrogen-bond acceptors (Lipinski definition) is 6. The topological polar surface area (TPSA) is 89.2 Å². The summed E-state index contributed by atoms with van der Waals surface area (Å²) in [6.45, 7) is 4.16. The first-order valence-corrected chi connectivity index (χ1v) is 8.68. The zero-order chi connectivity index (χ0) is 18.9. The van der Waals surface area contributed by atoms with E-state index in [1.165, 1.54) is 0 Å². The summed E-state index contributed by atoms with van der Waals surface area (Å²) in [6, 6.07) is 12.8. The summed E-state index contributed by atoms with van der Waals surface area (Å²) in [6.07, 6.45) is 0. The van der Waals surface area contributed by atoms with Crippen LogP contribution in [0.2, 0.25) is 10.0 Å². The van der Waals surface area contributed by atoms with Crippen molar-refractivity contribution in [2.45, 2.75) is 26.1 Å². The standard InChI is InChI=1S/C18H19Cl2N5O.ClH/c1-18(2)24-16(21)23-17(22)25(18)13-5-7-14(8-6-13)26-10-11-3-4-12(19)9-15(11)20;/h3-9H,10H2,1-2H3,(H4,21,22,23,24);1H. The van der Waals surface area contributed by atoms with Gasteiger partial charge in [-0.05, 0) is 50.2 Å². The van der Waals surface area contributed by atoms with Crippen molar-refractivity contribution in [3.63, 3.8) is 0 Å². The second-order valence-corrected chi connectivity index (χ2v) is 7.13. The Morgan fingerprint density at radius 1 is 1.07 bits per heavy atom. The van der Waals surface area contributed by atoms with Crippen LogP contribution in [0.3, 0.4) is 0 Å². The third-order valence-corrected chi connectivity index (χ3v) is 4.48. The molecule has 0 aliphatic carbocycles. The summed E-state index contributed by atoms with van der Waals surface area (Å²) < 4.78 is 5.80. The first-order valence-electron chi connectivity index (χ1n) is 7.93. The number of halogens is 3. The lowest BCUT2D eigenvalue weighted by atomic mass is 10.1. The maximum absolute atomic E-state index is 6.16. The minimum Gasteiger partial charge on any atom is -0.489 e. The smallest absolute Gasteiger partial charge is 0.220 e. The summed E-state index contributed by atoms with van der Waals surface area (Å²) in [7, 11) is 0. The van der Waals surface area contributed by atoms with Crippen molar-refractivity contribution >= 4 is 53.2 Å². The fourth-order valence-electron chi connectivity index (χ4n) is 2.74. The van der Waals surface area contributed by atoms with Crippen LogP contribution in [0, 0.1) is 0 Å². The van der Waals surface area contributed by atoms with Gasteiger partial charge >= 0.3 is 0 Å². The number of anilines is 1. The average Bonchev–Trinajstić information content (AvgIpc) is 2.53. The normalized spacial score (nSPS) is 15.5.